The summed E-state index contributed by atoms with van der Waals surface area (Å²) in [5, 5.41) is 7.05. The van der Waals surface area contributed by atoms with E-state index in [4.69, 9.17) is 20.8 Å². The van der Waals surface area contributed by atoms with Gasteiger partial charge in [0.15, 0.2) is 10.7 Å². The maximum atomic E-state index is 12.6. The highest BCUT2D eigenvalue weighted by Crippen LogP contribution is 2.31. The number of fused-ring (bicyclic) bond motifs is 1. The normalized spacial score (nSPS) is 15.1. The van der Waals surface area contributed by atoms with E-state index in [0.29, 0.717) is 27.0 Å². The number of methoxy groups -OCH3 is 1. The van der Waals surface area contributed by atoms with E-state index < -0.39 is 5.63 Å². The zero-order chi connectivity index (χ0) is 22.1. The number of allylic oxidation sites excluding steroid dienone is 4. The fourth-order valence-electron chi connectivity index (χ4n) is 3.56. The first-order valence-corrected chi connectivity index (χ1v) is 11.2. The summed E-state index contributed by atoms with van der Waals surface area (Å²) in [5.41, 5.74) is 5.45. The van der Waals surface area contributed by atoms with Crippen LogP contribution in [0.25, 0.3) is 22.2 Å². The van der Waals surface area contributed by atoms with Gasteiger partial charge < -0.3 is 14.5 Å². The predicted octanol–water partition coefficient (Wildman–Crippen LogP) is 6.92. The standard InChI is InChI=1S/C24H23ClN2O3S/c1-13-8-9-14(2)21(29-4)19(10-15(13)3)26-24-27-20(12-31-24)17-11-16-6-5-7-18(25)22(16)30-23(17)28/h5-7,10-12H,8-9H2,1-4H3,(H,26,27). The smallest absolute Gasteiger partial charge is 0.345 e. The second-order valence-electron chi connectivity index (χ2n) is 7.60. The lowest BCUT2D eigenvalue weighted by Gasteiger charge is -2.19. The summed E-state index contributed by atoms with van der Waals surface area (Å²) < 4.78 is 11.2. The van der Waals surface area contributed by atoms with Crippen molar-refractivity contribution in [1.29, 1.82) is 0 Å². The largest absolute Gasteiger partial charge is 0.495 e. The third-order valence-electron chi connectivity index (χ3n) is 5.48. The highest BCUT2D eigenvalue weighted by atomic mass is 35.5. The van der Waals surface area contributed by atoms with E-state index in [1.54, 1.807) is 19.2 Å². The highest BCUT2D eigenvalue weighted by Gasteiger charge is 2.17. The van der Waals surface area contributed by atoms with Gasteiger partial charge in [-0.25, -0.2) is 9.78 Å². The van der Waals surface area contributed by atoms with Gasteiger partial charge >= 0.3 is 5.63 Å². The van der Waals surface area contributed by atoms with E-state index in [2.05, 4.69) is 37.1 Å². The minimum Gasteiger partial charge on any atom is -0.495 e. The van der Waals surface area contributed by atoms with E-state index in [-0.39, 0.29) is 0 Å². The van der Waals surface area contributed by atoms with Gasteiger partial charge in [-0.3, -0.25) is 0 Å². The molecule has 1 N–H and O–H groups in total. The number of nitrogens with one attached hydrogen (secondary N) is 1. The zero-order valence-electron chi connectivity index (χ0n) is 17.8. The summed E-state index contributed by atoms with van der Waals surface area (Å²) >= 11 is 7.56. The minimum atomic E-state index is -0.467. The van der Waals surface area contributed by atoms with Gasteiger partial charge in [0.1, 0.15) is 5.76 Å². The first-order valence-electron chi connectivity index (χ1n) is 9.95. The molecule has 0 unspecified atom stereocenters. The van der Waals surface area contributed by atoms with Gasteiger partial charge in [-0.2, -0.15) is 0 Å². The number of hydrogen-bond acceptors (Lipinski definition) is 6. The lowest BCUT2D eigenvalue weighted by atomic mass is 9.97. The number of hydrogen-bond donors (Lipinski definition) is 1. The molecule has 0 saturated heterocycles. The van der Waals surface area contributed by atoms with Gasteiger partial charge in [0.2, 0.25) is 0 Å². The Kier molecular flexibility index (Phi) is 6.03. The molecule has 1 aliphatic carbocycles. The SMILES string of the molecule is COC1=C(C)CCC(C)=C(C)C=C1Nc1nc(-c2cc3cccc(Cl)c3oc2=O)cs1. The molecule has 7 heteroatoms. The van der Waals surface area contributed by atoms with E-state index in [1.807, 2.05) is 17.5 Å². The van der Waals surface area contributed by atoms with Crippen molar-refractivity contribution in [1.82, 2.24) is 4.98 Å². The number of aromatic nitrogens is 1. The van der Waals surface area contributed by atoms with Gasteiger partial charge in [-0.15, -0.1) is 11.3 Å². The molecule has 3 aromatic rings. The van der Waals surface area contributed by atoms with Crippen LogP contribution >= 0.6 is 22.9 Å². The number of anilines is 1. The fourth-order valence-corrected chi connectivity index (χ4v) is 4.50. The van der Waals surface area contributed by atoms with Crippen molar-refractivity contribution in [3.05, 3.63) is 79.3 Å². The summed E-state index contributed by atoms with van der Waals surface area (Å²) in [6.45, 7) is 6.34. The molecule has 0 fully saturated rings. The summed E-state index contributed by atoms with van der Waals surface area (Å²) in [6.07, 6.45) is 4.04. The van der Waals surface area contributed by atoms with Crippen LogP contribution in [0.5, 0.6) is 0 Å². The van der Waals surface area contributed by atoms with Crippen molar-refractivity contribution >= 4 is 39.0 Å². The van der Waals surface area contributed by atoms with Gasteiger partial charge in [-0.1, -0.05) is 29.3 Å². The molecule has 0 aliphatic heterocycles. The molecule has 5 nitrogen and oxygen atoms in total. The van der Waals surface area contributed by atoms with Crippen molar-refractivity contribution in [2.45, 2.75) is 33.6 Å². The Morgan fingerprint density at radius 2 is 1.97 bits per heavy atom. The third kappa shape index (κ3) is 4.31. The van der Waals surface area contributed by atoms with Crippen molar-refractivity contribution in [2.24, 2.45) is 0 Å². The zero-order valence-corrected chi connectivity index (χ0v) is 19.4. The molecule has 4 rings (SSSR count). The van der Waals surface area contributed by atoms with Crippen LogP contribution in [-0.2, 0) is 4.74 Å². The Balaban J connectivity index is 1.71. The van der Waals surface area contributed by atoms with Gasteiger partial charge in [0, 0.05) is 10.8 Å². The predicted molar refractivity (Wildman–Crippen MR) is 128 cm³/mol. The Morgan fingerprint density at radius 3 is 2.74 bits per heavy atom. The highest BCUT2D eigenvalue weighted by molar-refractivity contribution is 7.14. The van der Waals surface area contributed by atoms with Crippen molar-refractivity contribution < 1.29 is 9.15 Å². The van der Waals surface area contributed by atoms with Crippen LogP contribution in [-0.4, -0.2) is 12.1 Å². The Labute approximate surface area is 189 Å². The number of rotatable bonds is 4. The van der Waals surface area contributed by atoms with Crippen LogP contribution in [0.1, 0.15) is 33.6 Å². The molecule has 0 atom stereocenters. The maximum absolute atomic E-state index is 12.6. The average molecular weight is 455 g/mol. The molecule has 0 radical (unpaired) electrons. The molecular weight excluding hydrogens is 432 g/mol. The van der Waals surface area contributed by atoms with Gasteiger partial charge in [0.25, 0.3) is 0 Å². The van der Waals surface area contributed by atoms with Crippen molar-refractivity contribution in [2.75, 3.05) is 12.4 Å². The lowest BCUT2D eigenvalue weighted by Crippen LogP contribution is -2.09. The lowest BCUT2D eigenvalue weighted by molar-refractivity contribution is 0.295. The van der Waals surface area contributed by atoms with Crippen molar-refractivity contribution in [3.63, 3.8) is 0 Å². The van der Waals surface area contributed by atoms with Crippen LogP contribution < -0.4 is 10.9 Å². The number of benzene rings is 1. The molecular formula is C24H23ClN2O3S. The molecule has 0 amide bonds. The molecule has 2 heterocycles. The Bertz CT molecular complexity index is 1310. The molecule has 1 aliphatic rings. The fraction of sp³-hybridized carbons (Fsp3) is 0.250. The number of nitrogens with zero attached hydrogens (tertiary/aromatic N) is 1. The number of ether oxygens (including phenoxy) is 1. The second-order valence-corrected chi connectivity index (χ2v) is 8.87. The van der Waals surface area contributed by atoms with Crippen LogP contribution in [0.2, 0.25) is 5.02 Å². The van der Waals surface area contributed by atoms with E-state index in [9.17, 15) is 4.79 Å². The van der Waals surface area contributed by atoms with Crippen LogP contribution in [0, 0.1) is 0 Å². The quantitative estimate of drug-likeness (QED) is 0.433. The first-order chi connectivity index (χ1) is 14.9. The topological polar surface area (TPSA) is 64.4 Å². The molecule has 0 spiro atoms. The first kappa shape index (κ1) is 21.4. The molecule has 0 bridgehead atoms. The molecule has 1 aromatic carbocycles. The second kappa shape index (κ2) is 8.73. The third-order valence-corrected chi connectivity index (χ3v) is 6.53. The number of halogens is 1. The van der Waals surface area contributed by atoms with Crippen molar-refractivity contribution in [3.8, 4) is 11.3 Å². The van der Waals surface area contributed by atoms with Crippen LogP contribution in [0.4, 0.5) is 5.13 Å². The van der Waals surface area contributed by atoms with Gasteiger partial charge in [-0.05, 0) is 63.0 Å². The number of para-hydroxylation sites is 1. The summed E-state index contributed by atoms with van der Waals surface area (Å²) in [7, 11) is 1.68. The Hall–Kier alpha value is -2.83. The summed E-state index contributed by atoms with van der Waals surface area (Å²) in [6, 6.07) is 7.14. The van der Waals surface area contributed by atoms with Crippen LogP contribution in [0.15, 0.2) is 73.1 Å². The monoisotopic (exact) mass is 454 g/mol. The summed E-state index contributed by atoms with van der Waals surface area (Å²) in [4.78, 5) is 17.2. The van der Waals surface area contributed by atoms with Gasteiger partial charge in [0.05, 0.1) is 29.1 Å². The number of thiazole rings is 1. The molecule has 0 saturated carbocycles. The van der Waals surface area contributed by atoms with E-state index in [0.717, 1.165) is 29.7 Å². The van der Waals surface area contributed by atoms with E-state index in [1.165, 1.54) is 28.1 Å². The Morgan fingerprint density at radius 1 is 1.19 bits per heavy atom. The van der Waals surface area contributed by atoms with E-state index >= 15 is 0 Å². The average Bonchev–Trinajstić information content (AvgIpc) is 3.20. The summed E-state index contributed by atoms with van der Waals surface area (Å²) in [5.74, 6) is 0.823. The molecule has 2 aromatic heterocycles. The molecule has 31 heavy (non-hydrogen) atoms. The minimum absolute atomic E-state index is 0.383. The van der Waals surface area contributed by atoms with Crippen LogP contribution in [0.3, 0.4) is 0 Å². The maximum Gasteiger partial charge on any atom is 0.345 e. The molecule has 160 valence electrons.